The molecule has 2 aromatic carbocycles. The van der Waals surface area contributed by atoms with E-state index in [1.165, 1.54) is 16.9 Å². The number of hydrogen-bond donors (Lipinski definition) is 2. The fraction of sp³-hybridized carbons (Fsp3) is 0.200. The van der Waals surface area contributed by atoms with E-state index in [0.717, 1.165) is 35.3 Å². The van der Waals surface area contributed by atoms with Gasteiger partial charge in [-0.2, -0.15) is 4.89 Å². The van der Waals surface area contributed by atoms with Crippen molar-refractivity contribution in [2.45, 2.75) is 26.7 Å². The van der Waals surface area contributed by atoms with Crippen LogP contribution in [-0.4, -0.2) is 22.8 Å². The highest BCUT2D eigenvalue weighted by Crippen LogP contribution is 2.24. The fourth-order valence-electron chi connectivity index (χ4n) is 3.27. The Morgan fingerprint density at radius 1 is 1.12 bits per heavy atom. The predicted octanol–water partition coefficient (Wildman–Crippen LogP) is 5.23. The Morgan fingerprint density at radius 2 is 1.94 bits per heavy atom. The molecule has 6 nitrogen and oxygen atoms in total. The number of nitrogens with two attached hydrogens (primary N) is 1. The molecule has 3 rings (SSSR count). The summed E-state index contributed by atoms with van der Waals surface area (Å²) in [6, 6.07) is 15.6. The summed E-state index contributed by atoms with van der Waals surface area (Å²) in [7, 11) is -0.653. The lowest BCUT2D eigenvalue weighted by atomic mass is 10.0. The van der Waals surface area contributed by atoms with E-state index in [1.807, 2.05) is 55.6 Å². The molecule has 0 fully saturated rings. The third-order valence-electron chi connectivity index (χ3n) is 5.19. The van der Waals surface area contributed by atoms with Gasteiger partial charge in [0.25, 0.3) is 0 Å². The number of aryl methyl sites for hydroxylation is 4. The van der Waals surface area contributed by atoms with Gasteiger partial charge in [0, 0.05) is 6.20 Å². The zero-order valence-corrected chi connectivity index (χ0v) is 19.3. The topological polar surface area (TPSA) is 97.8 Å². The van der Waals surface area contributed by atoms with E-state index in [4.69, 9.17) is 15.4 Å². The van der Waals surface area contributed by atoms with Gasteiger partial charge in [0.05, 0.1) is 12.8 Å². The minimum absolute atomic E-state index is 0.319. The van der Waals surface area contributed by atoms with Crippen LogP contribution in [0.5, 0.6) is 5.75 Å². The van der Waals surface area contributed by atoms with Gasteiger partial charge < -0.3 is 10.5 Å². The molecule has 0 aliphatic rings. The highest BCUT2D eigenvalue weighted by Gasteiger charge is 2.07. The van der Waals surface area contributed by atoms with Crippen molar-refractivity contribution in [3.05, 3.63) is 94.1 Å². The van der Waals surface area contributed by atoms with Crippen LogP contribution < -0.4 is 10.5 Å². The van der Waals surface area contributed by atoms with Crippen molar-refractivity contribution >= 4 is 25.6 Å². The van der Waals surface area contributed by atoms with E-state index in [2.05, 4.69) is 23.0 Å². The number of aliphatic imine (C=N–C) groups is 1. The second kappa shape index (κ2) is 10.8. The van der Waals surface area contributed by atoms with E-state index >= 15 is 0 Å². The molecule has 0 bridgehead atoms. The van der Waals surface area contributed by atoms with Crippen LogP contribution in [0.25, 0.3) is 6.08 Å². The second-order valence-corrected chi connectivity index (χ2v) is 8.41. The van der Waals surface area contributed by atoms with E-state index in [0.29, 0.717) is 17.2 Å². The van der Waals surface area contributed by atoms with Crippen molar-refractivity contribution in [3.63, 3.8) is 0 Å². The molecule has 0 aliphatic carbocycles. The Hall–Kier alpha value is -3.34. The smallest absolute Gasteiger partial charge is 0.497 e. The van der Waals surface area contributed by atoms with Crippen molar-refractivity contribution in [3.8, 4) is 5.75 Å². The highest BCUT2D eigenvalue weighted by molar-refractivity contribution is 7.41. The first-order valence-corrected chi connectivity index (χ1v) is 11.5. The Morgan fingerprint density at radius 3 is 2.59 bits per heavy atom. The van der Waals surface area contributed by atoms with Crippen molar-refractivity contribution < 1.29 is 14.2 Å². The molecule has 164 valence electrons. The molecule has 1 aromatic heterocycles. The first kappa shape index (κ1) is 23.3. The Labute approximate surface area is 189 Å². The molecule has 0 spiro atoms. The van der Waals surface area contributed by atoms with Crippen molar-refractivity contribution in [1.29, 1.82) is 0 Å². The van der Waals surface area contributed by atoms with Gasteiger partial charge in [-0.05, 0) is 89.4 Å². The summed E-state index contributed by atoms with van der Waals surface area (Å²) in [4.78, 5) is 18.0. The molecule has 0 aliphatic heterocycles. The molecule has 1 heterocycles. The molecule has 32 heavy (non-hydrogen) atoms. The largest absolute Gasteiger partial charge is 0.538 e. The standard InChI is InChI=1S/C25H26N3O3P/c1-17-4-5-19(12-13-32(29)30)15-24(17)28-25(26)23-11-7-20(16-27-23)6-8-21-9-10-22(31-3)14-18(21)2/h4-5,7,9-16H,6,8H2,1-3H3,(H2-,26,28,29,30)/p+1/b13-12+. The summed E-state index contributed by atoms with van der Waals surface area (Å²) in [5.41, 5.74) is 12.8. The van der Waals surface area contributed by atoms with Crippen molar-refractivity contribution in [2.75, 3.05) is 7.11 Å². The van der Waals surface area contributed by atoms with Gasteiger partial charge in [-0.3, -0.25) is 4.98 Å². The number of methoxy groups -OCH3 is 1. The maximum atomic E-state index is 10.9. The summed E-state index contributed by atoms with van der Waals surface area (Å²) in [6.07, 6.45) is 5.21. The molecule has 3 N–H and O–H groups in total. The first-order chi connectivity index (χ1) is 15.4. The SMILES string of the molecule is COc1ccc(CCc2ccc(C(N)=Nc3cc(/C=C/[P+](=O)O)ccc3C)nc2)c(C)c1. The zero-order valence-electron chi connectivity index (χ0n) is 18.4. The number of nitrogens with zero attached hydrogens (tertiary/aromatic N) is 2. The van der Waals surface area contributed by atoms with E-state index < -0.39 is 8.03 Å². The van der Waals surface area contributed by atoms with Crippen LogP contribution in [0.3, 0.4) is 0 Å². The minimum Gasteiger partial charge on any atom is -0.497 e. The maximum absolute atomic E-state index is 10.9. The Bertz CT molecular complexity index is 1170. The quantitative estimate of drug-likeness (QED) is 0.279. The number of pyridine rings is 1. The number of ether oxygens (including phenoxy) is 1. The molecule has 0 radical (unpaired) electrons. The van der Waals surface area contributed by atoms with Crippen LogP contribution in [0.4, 0.5) is 5.69 Å². The average molecular weight is 448 g/mol. The van der Waals surface area contributed by atoms with Crippen molar-refractivity contribution in [2.24, 2.45) is 10.7 Å². The second-order valence-electron chi connectivity index (χ2n) is 7.51. The molecule has 3 aromatic rings. The predicted molar refractivity (Wildman–Crippen MR) is 130 cm³/mol. The first-order valence-electron chi connectivity index (χ1n) is 10.2. The number of aromatic nitrogens is 1. The van der Waals surface area contributed by atoms with Gasteiger partial charge in [-0.25, -0.2) is 4.99 Å². The van der Waals surface area contributed by atoms with Crippen LogP contribution in [-0.2, 0) is 17.4 Å². The van der Waals surface area contributed by atoms with Crippen LogP contribution >= 0.6 is 8.03 Å². The molecule has 0 saturated carbocycles. The summed E-state index contributed by atoms with van der Waals surface area (Å²) in [5.74, 6) is 2.43. The molecule has 1 atom stereocenters. The monoisotopic (exact) mass is 448 g/mol. The normalized spacial score (nSPS) is 12.2. The molecule has 0 saturated heterocycles. The van der Waals surface area contributed by atoms with Gasteiger partial charge in [-0.1, -0.05) is 24.3 Å². The van der Waals surface area contributed by atoms with Gasteiger partial charge in [0.15, 0.2) is 5.82 Å². The maximum Gasteiger partial charge on any atom is 0.538 e. The molecule has 0 amide bonds. The van der Waals surface area contributed by atoms with E-state index in [1.54, 1.807) is 13.2 Å². The molecular formula is C25H27N3O3P+. The van der Waals surface area contributed by atoms with E-state index in [-0.39, 0.29) is 0 Å². The van der Waals surface area contributed by atoms with E-state index in [9.17, 15) is 4.57 Å². The minimum atomic E-state index is -2.33. The van der Waals surface area contributed by atoms with Crippen molar-refractivity contribution in [1.82, 2.24) is 4.98 Å². The lowest BCUT2D eigenvalue weighted by Crippen LogP contribution is -2.15. The summed E-state index contributed by atoms with van der Waals surface area (Å²) < 4.78 is 16.2. The number of benzene rings is 2. The van der Waals surface area contributed by atoms with Gasteiger partial charge in [0.2, 0.25) is 0 Å². The third-order valence-corrected chi connectivity index (χ3v) is 5.59. The van der Waals surface area contributed by atoms with Crippen LogP contribution in [0.1, 0.15) is 33.5 Å². The Kier molecular flexibility index (Phi) is 7.87. The van der Waals surface area contributed by atoms with Gasteiger partial charge in [-0.15, -0.1) is 0 Å². The molecular weight excluding hydrogens is 421 g/mol. The third kappa shape index (κ3) is 6.33. The average Bonchev–Trinajstić information content (AvgIpc) is 2.79. The number of rotatable bonds is 8. The summed E-state index contributed by atoms with van der Waals surface area (Å²) in [6.45, 7) is 4.02. The number of amidine groups is 1. The van der Waals surface area contributed by atoms with Crippen LogP contribution in [0, 0.1) is 13.8 Å². The highest BCUT2D eigenvalue weighted by atomic mass is 31.1. The summed E-state index contributed by atoms with van der Waals surface area (Å²) >= 11 is 0. The molecule has 1 unspecified atom stereocenters. The van der Waals surface area contributed by atoms with Gasteiger partial charge >= 0.3 is 8.03 Å². The fourth-order valence-corrected chi connectivity index (χ4v) is 3.57. The van der Waals surface area contributed by atoms with Crippen LogP contribution in [0.2, 0.25) is 0 Å². The lowest BCUT2D eigenvalue weighted by Gasteiger charge is -2.09. The Balaban J connectivity index is 1.71. The molecule has 7 heteroatoms. The van der Waals surface area contributed by atoms with Crippen LogP contribution in [0.15, 0.2) is 65.5 Å². The number of hydrogen-bond acceptors (Lipinski definition) is 4. The van der Waals surface area contributed by atoms with Gasteiger partial charge in [0.1, 0.15) is 17.3 Å². The lowest BCUT2D eigenvalue weighted by molar-refractivity contribution is 0.414. The summed E-state index contributed by atoms with van der Waals surface area (Å²) in [5, 5.41) is 0. The zero-order chi connectivity index (χ0) is 23.1.